The number of nitrogens with two attached hydrogens (primary N) is 1. The van der Waals surface area contributed by atoms with E-state index >= 15 is 0 Å². The van der Waals surface area contributed by atoms with Gasteiger partial charge in [-0.15, -0.1) is 0 Å². The van der Waals surface area contributed by atoms with Crippen LogP contribution in [0.4, 0.5) is 5.95 Å². The molecular formula is C10H15BrN5O4P. The van der Waals surface area contributed by atoms with Gasteiger partial charge >= 0.3 is 7.60 Å². The number of anilines is 1. The van der Waals surface area contributed by atoms with Crippen molar-refractivity contribution in [3.63, 3.8) is 0 Å². The lowest BCUT2D eigenvalue weighted by Crippen LogP contribution is -2.15. The standard InChI is InChI=1S/C10H15BrN5O4P/c1-6(21(17,18)19)4-20-3-2-16-5-13-7-8(11)14-10(12)15-9(7)16/h5-6H,2-4H2,1H3,(H2,12,14,15)(H2,17,18,19). The van der Waals surface area contributed by atoms with E-state index in [1.54, 1.807) is 10.9 Å². The first-order valence-corrected chi connectivity index (χ1v) is 8.53. The molecule has 0 fully saturated rings. The summed E-state index contributed by atoms with van der Waals surface area (Å²) in [5.74, 6) is 0.132. The molecule has 0 radical (unpaired) electrons. The summed E-state index contributed by atoms with van der Waals surface area (Å²) < 4.78 is 18.5. The summed E-state index contributed by atoms with van der Waals surface area (Å²) >= 11 is 3.26. The number of rotatable bonds is 6. The third kappa shape index (κ3) is 3.98. The monoisotopic (exact) mass is 379 g/mol. The Kier molecular flexibility index (Phi) is 4.95. The highest BCUT2D eigenvalue weighted by atomic mass is 79.9. The van der Waals surface area contributed by atoms with Crippen LogP contribution >= 0.6 is 23.5 Å². The fraction of sp³-hybridized carbons (Fsp3) is 0.500. The van der Waals surface area contributed by atoms with Crippen molar-refractivity contribution in [1.82, 2.24) is 19.5 Å². The zero-order chi connectivity index (χ0) is 15.6. The molecule has 0 aliphatic heterocycles. The zero-order valence-corrected chi connectivity index (χ0v) is 13.7. The zero-order valence-electron chi connectivity index (χ0n) is 11.2. The van der Waals surface area contributed by atoms with E-state index in [9.17, 15) is 4.57 Å². The smallest absolute Gasteiger partial charge is 0.330 e. The van der Waals surface area contributed by atoms with Crippen LogP contribution in [0.5, 0.6) is 0 Å². The number of ether oxygens (including phenoxy) is 1. The summed E-state index contributed by atoms with van der Waals surface area (Å²) in [6.07, 6.45) is 1.58. The second-order valence-corrected chi connectivity index (χ2v) is 7.31. The summed E-state index contributed by atoms with van der Waals surface area (Å²) in [6.45, 7) is 2.14. The Morgan fingerprint density at radius 2 is 2.24 bits per heavy atom. The van der Waals surface area contributed by atoms with Gasteiger partial charge in [-0.25, -0.2) is 9.97 Å². The lowest BCUT2D eigenvalue weighted by Gasteiger charge is -2.13. The van der Waals surface area contributed by atoms with Crippen molar-refractivity contribution < 1.29 is 19.1 Å². The first-order chi connectivity index (χ1) is 9.79. The molecule has 2 rings (SSSR count). The van der Waals surface area contributed by atoms with E-state index in [0.717, 1.165) is 0 Å². The largest absolute Gasteiger partial charge is 0.379 e. The summed E-state index contributed by atoms with van der Waals surface area (Å²) in [7, 11) is -4.10. The number of imidazole rings is 1. The maximum atomic E-state index is 11.0. The molecule has 21 heavy (non-hydrogen) atoms. The molecule has 11 heteroatoms. The molecule has 2 heterocycles. The van der Waals surface area contributed by atoms with Crippen molar-refractivity contribution >= 4 is 40.6 Å². The Morgan fingerprint density at radius 3 is 2.90 bits per heavy atom. The normalized spacial score (nSPS) is 13.7. The molecule has 0 bridgehead atoms. The summed E-state index contributed by atoms with van der Waals surface area (Å²) in [6, 6.07) is 0. The summed E-state index contributed by atoms with van der Waals surface area (Å²) in [5.41, 5.74) is 5.92. The van der Waals surface area contributed by atoms with Gasteiger partial charge < -0.3 is 24.8 Å². The Bertz CT molecular complexity index is 687. The predicted molar refractivity (Wildman–Crippen MR) is 79.8 cm³/mol. The molecule has 4 N–H and O–H groups in total. The van der Waals surface area contributed by atoms with Crippen LogP contribution in [0.1, 0.15) is 6.92 Å². The number of halogens is 1. The van der Waals surface area contributed by atoms with E-state index in [2.05, 4.69) is 30.9 Å². The highest BCUT2D eigenvalue weighted by molar-refractivity contribution is 9.10. The SMILES string of the molecule is CC(COCCn1cnc2c(Br)nc(N)nc21)P(=O)(O)O. The van der Waals surface area contributed by atoms with Crippen LogP contribution in [0, 0.1) is 0 Å². The van der Waals surface area contributed by atoms with Crippen LogP contribution in [-0.2, 0) is 15.8 Å². The van der Waals surface area contributed by atoms with Crippen LogP contribution in [0.25, 0.3) is 11.2 Å². The first kappa shape index (κ1) is 16.3. The third-order valence-electron chi connectivity index (χ3n) is 2.85. The van der Waals surface area contributed by atoms with Crippen molar-refractivity contribution in [3.8, 4) is 0 Å². The van der Waals surface area contributed by atoms with Gasteiger partial charge in [0, 0.05) is 6.54 Å². The molecule has 0 aromatic carbocycles. The fourth-order valence-corrected chi connectivity index (χ4v) is 2.36. The van der Waals surface area contributed by atoms with Gasteiger partial charge in [0.25, 0.3) is 0 Å². The van der Waals surface area contributed by atoms with E-state index < -0.39 is 13.3 Å². The molecular weight excluding hydrogens is 365 g/mol. The van der Waals surface area contributed by atoms with Gasteiger partial charge in [0.05, 0.1) is 25.2 Å². The van der Waals surface area contributed by atoms with E-state index in [1.165, 1.54) is 6.92 Å². The topological polar surface area (TPSA) is 136 Å². The van der Waals surface area contributed by atoms with Crippen LogP contribution in [0.15, 0.2) is 10.9 Å². The van der Waals surface area contributed by atoms with Gasteiger partial charge in [0.15, 0.2) is 5.65 Å². The second kappa shape index (κ2) is 6.37. The second-order valence-electron chi connectivity index (χ2n) is 4.50. The van der Waals surface area contributed by atoms with Gasteiger partial charge in [-0.2, -0.15) is 4.98 Å². The van der Waals surface area contributed by atoms with Gasteiger partial charge in [-0.3, -0.25) is 4.57 Å². The molecule has 116 valence electrons. The molecule has 0 amide bonds. The Hall–Kier alpha value is -1.06. The number of nitrogen functional groups attached to an aromatic ring is 1. The Balaban J connectivity index is 1.97. The number of hydrogen-bond acceptors (Lipinski definition) is 6. The maximum absolute atomic E-state index is 11.0. The van der Waals surface area contributed by atoms with E-state index in [4.69, 9.17) is 20.3 Å². The molecule has 2 aromatic rings. The average Bonchev–Trinajstić information content (AvgIpc) is 2.76. The minimum Gasteiger partial charge on any atom is -0.379 e. The Labute approximate surface area is 128 Å². The van der Waals surface area contributed by atoms with Crippen molar-refractivity contribution in [2.75, 3.05) is 18.9 Å². The quantitative estimate of drug-likeness (QED) is 0.380. The lowest BCUT2D eigenvalue weighted by atomic mass is 10.5. The fourth-order valence-electron chi connectivity index (χ4n) is 1.60. The highest BCUT2D eigenvalue weighted by Gasteiger charge is 2.23. The number of fused-ring (bicyclic) bond motifs is 1. The molecule has 0 aliphatic rings. The average molecular weight is 380 g/mol. The minimum absolute atomic E-state index is 0.0161. The molecule has 0 aliphatic carbocycles. The molecule has 0 saturated carbocycles. The van der Waals surface area contributed by atoms with Gasteiger partial charge in [-0.05, 0) is 22.9 Å². The van der Waals surface area contributed by atoms with Crippen LogP contribution in [0.2, 0.25) is 0 Å². The molecule has 1 unspecified atom stereocenters. The summed E-state index contributed by atoms with van der Waals surface area (Å²) in [4.78, 5) is 30.1. The highest BCUT2D eigenvalue weighted by Crippen LogP contribution is 2.40. The number of nitrogens with zero attached hydrogens (tertiary/aromatic N) is 4. The van der Waals surface area contributed by atoms with Crippen LogP contribution < -0.4 is 5.73 Å². The maximum Gasteiger partial charge on any atom is 0.330 e. The van der Waals surface area contributed by atoms with Crippen LogP contribution in [-0.4, -0.2) is 48.2 Å². The predicted octanol–water partition coefficient (Wildman–Crippen LogP) is 0.754. The van der Waals surface area contributed by atoms with Gasteiger partial charge in [0.1, 0.15) is 10.1 Å². The molecule has 0 saturated heterocycles. The lowest BCUT2D eigenvalue weighted by molar-refractivity contribution is 0.124. The molecule has 0 spiro atoms. The third-order valence-corrected chi connectivity index (χ3v) is 4.70. The van der Waals surface area contributed by atoms with E-state index in [1.807, 2.05) is 0 Å². The number of hydrogen-bond donors (Lipinski definition) is 3. The van der Waals surface area contributed by atoms with Crippen molar-refractivity contribution in [1.29, 1.82) is 0 Å². The van der Waals surface area contributed by atoms with Crippen molar-refractivity contribution in [2.24, 2.45) is 0 Å². The Morgan fingerprint density at radius 1 is 1.52 bits per heavy atom. The molecule has 1 atom stereocenters. The van der Waals surface area contributed by atoms with Gasteiger partial charge in [-0.1, -0.05) is 0 Å². The number of aromatic nitrogens is 4. The van der Waals surface area contributed by atoms with E-state index in [-0.39, 0.29) is 19.2 Å². The van der Waals surface area contributed by atoms with Crippen molar-refractivity contribution in [3.05, 3.63) is 10.9 Å². The van der Waals surface area contributed by atoms with Gasteiger partial charge in [0.2, 0.25) is 5.95 Å². The molecule has 2 aromatic heterocycles. The first-order valence-electron chi connectivity index (χ1n) is 6.06. The summed E-state index contributed by atoms with van der Waals surface area (Å²) in [5, 5.41) is 0. The van der Waals surface area contributed by atoms with Crippen LogP contribution in [0.3, 0.4) is 0 Å². The minimum atomic E-state index is -4.10. The van der Waals surface area contributed by atoms with Crippen molar-refractivity contribution in [2.45, 2.75) is 19.1 Å². The van der Waals surface area contributed by atoms with E-state index in [0.29, 0.717) is 22.3 Å². The molecule has 9 nitrogen and oxygen atoms in total.